The molecule has 2 aromatic heterocycles. The van der Waals surface area contributed by atoms with Crippen molar-refractivity contribution in [2.75, 3.05) is 38.4 Å². The molecule has 0 bridgehead atoms. The highest BCUT2D eigenvalue weighted by Crippen LogP contribution is 2.38. The topological polar surface area (TPSA) is 99.5 Å². The van der Waals surface area contributed by atoms with Crippen LogP contribution in [0.3, 0.4) is 0 Å². The number of fused-ring (bicyclic) bond motifs is 3. The molecule has 0 fully saturated rings. The fraction of sp³-hybridized carbons (Fsp3) is 0.364. The first kappa shape index (κ1) is 23.4. The zero-order valence-electron chi connectivity index (χ0n) is 19.1. The normalized spacial score (nSPS) is 12.8. The summed E-state index contributed by atoms with van der Waals surface area (Å²) in [5.74, 6) is 1.19. The van der Waals surface area contributed by atoms with Gasteiger partial charge in [-0.3, -0.25) is 9.36 Å². The van der Waals surface area contributed by atoms with E-state index in [9.17, 15) is 4.79 Å². The molecule has 0 saturated heterocycles. The molecule has 0 saturated carbocycles. The Kier molecular flexibility index (Phi) is 7.08. The summed E-state index contributed by atoms with van der Waals surface area (Å²) in [5, 5.41) is 26.1. The lowest BCUT2D eigenvalue weighted by Crippen LogP contribution is -2.41. The number of thiophene rings is 1. The lowest BCUT2D eigenvalue weighted by molar-refractivity contribution is -0.120. The van der Waals surface area contributed by atoms with Crippen LogP contribution in [0.15, 0.2) is 29.4 Å². The van der Waals surface area contributed by atoms with E-state index in [1.807, 2.05) is 42.8 Å². The Morgan fingerprint density at radius 2 is 1.88 bits per heavy atom. The quantitative estimate of drug-likeness (QED) is 0.423. The maximum atomic E-state index is 12.4. The van der Waals surface area contributed by atoms with Crippen LogP contribution >= 0.6 is 22.9 Å². The summed E-state index contributed by atoms with van der Waals surface area (Å²) in [6.45, 7) is 8.00. The smallest absolute Gasteiger partial charge is 0.254 e. The van der Waals surface area contributed by atoms with E-state index in [0.717, 1.165) is 39.8 Å². The van der Waals surface area contributed by atoms with E-state index >= 15 is 0 Å². The largest absolute Gasteiger partial charge is 0.336 e. The second kappa shape index (κ2) is 10.0. The van der Waals surface area contributed by atoms with Crippen molar-refractivity contribution in [1.29, 1.82) is 0 Å². The number of likely N-dealkylation sites (N-methyl/N-ethyl adjacent to an activating group) is 1. The summed E-state index contributed by atoms with van der Waals surface area (Å²) in [7, 11) is 1.87. The Balaban J connectivity index is 1.72. The van der Waals surface area contributed by atoms with Gasteiger partial charge >= 0.3 is 0 Å². The third-order valence-electron chi connectivity index (χ3n) is 5.45. The van der Waals surface area contributed by atoms with Gasteiger partial charge in [0.2, 0.25) is 5.91 Å². The summed E-state index contributed by atoms with van der Waals surface area (Å²) in [6.07, 6.45) is 0. The van der Waals surface area contributed by atoms with Crippen LogP contribution in [-0.4, -0.2) is 59.7 Å². The number of hydrogen-bond donors (Lipinski definition) is 3. The number of carbonyl (C=O) groups excluding carboxylic acids is 1. The molecule has 1 amide bonds. The Morgan fingerprint density at radius 1 is 1.12 bits per heavy atom. The van der Waals surface area contributed by atoms with E-state index in [1.54, 1.807) is 16.3 Å². The van der Waals surface area contributed by atoms with Crippen LogP contribution < -0.4 is 21.0 Å². The van der Waals surface area contributed by atoms with Crippen LogP contribution in [0, 0.1) is 20.8 Å². The molecule has 1 aromatic carbocycles. The molecule has 9 nitrogen and oxygen atoms in total. The molecule has 0 radical (unpaired) electrons. The van der Waals surface area contributed by atoms with Gasteiger partial charge < -0.3 is 16.0 Å². The number of aromatic nitrogens is 3. The number of amides is 1. The summed E-state index contributed by atoms with van der Waals surface area (Å²) in [4.78, 5) is 13.6. The van der Waals surface area contributed by atoms with Gasteiger partial charge in [0.25, 0.3) is 5.95 Å². The van der Waals surface area contributed by atoms with Crippen molar-refractivity contribution in [3.63, 3.8) is 0 Å². The van der Waals surface area contributed by atoms with Gasteiger partial charge in [-0.1, -0.05) is 23.7 Å². The standard InChI is InChI=1S/C22H27ClN8OS/c1-13-14(2)33-21-19(13)20(16-5-7-17(23)8-6-16)29-30(22-28-27-15(3)31(21)22)12-26-18(32)11-25-10-9-24-4/h5-8,24-25H,9-12H2,1-4H3,(H,26,32). The Labute approximate surface area is 201 Å². The predicted octanol–water partition coefficient (Wildman–Crippen LogP) is 2.36. The zero-order valence-corrected chi connectivity index (χ0v) is 20.6. The molecule has 174 valence electrons. The highest BCUT2D eigenvalue weighted by molar-refractivity contribution is 7.15. The van der Waals surface area contributed by atoms with E-state index in [-0.39, 0.29) is 19.1 Å². The number of nitrogens with zero attached hydrogens (tertiary/aromatic N) is 5. The first-order valence-electron chi connectivity index (χ1n) is 10.7. The number of carbonyl (C=O) groups is 1. The Morgan fingerprint density at radius 3 is 2.61 bits per heavy atom. The summed E-state index contributed by atoms with van der Waals surface area (Å²) >= 11 is 7.82. The molecule has 4 rings (SSSR count). The number of nitrogens with one attached hydrogen (secondary N) is 3. The third kappa shape index (κ3) is 4.79. The van der Waals surface area contributed by atoms with Crippen molar-refractivity contribution in [3.8, 4) is 5.00 Å². The van der Waals surface area contributed by atoms with Crippen molar-refractivity contribution in [3.05, 3.63) is 56.7 Å². The summed E-state index contributed by atoms with van der Waals surface area (Å²) in [6, 6.07) is 7.62. The molecule has 1 aliphatic rings. The van der Waals surface area contributed by atoms with Gasteiger partial charge in [-0.15, -0.1) is 21.5 Å². The van der Waals surface area contributed by atoms with Crippen LogP contribution in [0.1, 0.15) is 27.4 Å². The number of hydrazone groups is 1. The van der Waals surface area contributed by atoms with Gasteiger partial charge in [-0.25, -0.2) is 5.01 Å². The zero-order chi connectivity index (χ0) is 23.5. The first-order chi connectivity index (χ1) is 15.9. The average Bonchev–Trinajstić information content (AvgIpc) is 3.27. The minimum atomic E-state index is -0.122. The maximum Gasteiger partial charge on any atom is 0.254 e. The minimum Gasteiger partial charge on any atom is -0.336 e. The molecule has 0 unspecified atom stereocenters. The van der Waals surface area contributed by atoms with Gasteiger partial charge in [0.1, 0.15) is 23.2 Å². The van der Waals surface area contributed by atoms with Crippen LogP contribution in [-0.2, 0) is 4.79 Å². The van der Waals surface area contributed by atoms with E-state index < -0.39 is 0 Å². The van der Waals surface area contributed by atoms with Crippen molar-refractivity contribution in [2.24, 2.45) is 5.10 Å². The number of halogens is 1. The fourth-order valence-corrected chi connectivity index (χ4v) is 4.90. The number of anilines is 1. The summed E-state index contributed by atoms with van der Waals surface area (Å²) < 4.78 is 2.00. The second-order valence-corrected chi connectivity index (χ2v) is 9.38. The van der Waals surface area contributed by atoms with E-state index in [1.165, 1.54) is 4.88 Å². The second-order valence-electron chi connectivity index (χ2n) is 7.74. The number of rotatable bonds is 8. The molecule has 0 atom stereocenters. The summed E-state index contributed by atoms with van der Waals surface area (Å²) in [5.41, 5.74) is 3.92. The lowest BCUT2D eigenvalue weighted by Gasteiger charge is -2.18. The highest BCUT2D eigenvalue weighted by Gasteiger charge is 2.30. The molecule has 3 N–H and O–H groups in total. The first-order valence-corrected chi connectivity index (χ1v) is 11.9. The molecule has 0 spiro atoms. The minimum absolute atomic E-state index is 0.122. The van der Waals surface area contributed by atoms with Gasteiger partial charge in [-0.2, -0.15) is 5.10 Å². The van der Waals surface area contributed by atoms with Gasteiger partial charge in [0.15, 0.2) is 0 Å². The van der Waals surface area contributed by atoms with Crippen LogP contribution in [0.5, 0.6) is 0 Å². The average molecular weight is 487 g/mol. The highest BCUT2D eigenvalue weighted by atomic mass is 35.5. The monoisotopic (exact) mass is 486 g/mol. The SMILES string of the molecule is CNCCNCC(=O)NCN1N=C(c2ccc(Cl)cc2)c2c(sc(C)c2C)-n2c(C)nnc21. The Bertz CT molecular complexity index is 1180. The van der Waals surface area contributed by atoms with Crippen LogP contribution in [0.25, 0.3) is 5.00 Å². The van der Waals surface area contributed by atoms with Gasteiger partial charge in [0.05, 0.1) is 6.54 Å². The van der Waals surface area contributed by atoms with Crippen molar-refractivity contribution >= 4 is 40.5 Å². The number of benzene rings is 1. The number of hydrogen-bond acceptors (Lipinski definition) is 8. The molecule has 1 aliphatic heterocycles. The molecular formula is C22H27ClN8OS. The van der Waals surface area contributed by atoms with Crippen molar-refractivity contribution in [1.82, 2.24) is 30.7 Å². The van der Waals surface area contributed by atoms with Gasteiger partial charge in [-0.05, 0) is 45.5 Å². The van der Waals surface area contributed by atoms with E-state index in [0.29, 0.717) is 17.5 Å². The van der Waals surface area contributed by atoms with E-state index in [2.05, 4.69) is 40.0 Å². The maximum absolute atomic E-state index is 12.4. The van der Waals surface area contributed by atoms with Crippen molar-refractivity contribution in [2.45, 2.75) is 20.8 Å². The fourth-order valence-electron chi connectivity index (χ4n) is 3.57. The predicted molar refractivity (Wildman–Crippen MR) is 133 cm³/mol. The molecule has 3 heterocycles. The lowest BCUT2D eigenvalue weighted by atomic mass is 10.00. The van der Waals surface area contributed by atoms with Crippen molar-refractivity contribution < 1.29 is 4.79 Å². The molecule has 3 aromatic rings. The molecule has 11 heteroatoms. The molecule has 33 heavy (non-hydrogen) atoms. The molecule has 0 aliphatic carbocycles. The van der Waals surface area contributed by atoms with Crippen LogP contribution in [0.4, 0.5) is 5.95 Å². The molecular weight excluding hydrogens is 460 g/mol. The van der Waals surface area contributed by atoms with Crippen LogP contribution in [0.2, 0.25) is 5.02 Å². The third-order valence-corrected chi connectivity index (χ3v) is 6.89. The van der Waals surface area contributed by atoms with E-state index in [4.69, 9.17) is 16.7 Å². The van der Waals surface area contributed by atoms with Gasteiger partial charge in [0, 0.05) is 34.1 Å². The number of aryl methyl sites for hydroxylation is 2. The Hall–Kier alpha value is -2.79.